The van der Waals surface area contributed by atoms with Crippen molar-refractivity contribution < 1.29 is 23.9 Å². The molecule has 2 aromatic carbocycles. The Morgan fingerprint density at radius 3 is 2.71 bits per heavy atom. The number of piperazine rings is 1. The molecule has 1 saturated heterocycles. The zero-order valence-electron chi connectivity index (χ0n) is 17.6. The second kappa shape index (κ2) is 8.91. The Morgan fingerprint density at radius 2 is 2.03 bits per heavy atom. The Balaban J connectivity index is 1.47. The van der Waals surface area contributed by atoms with Gasteiger partial charge in [-0.15, -0.1) is 0 Å². The topological polar surface area (TPSA) is 94.4 Å². The molecule has 0 aliphatic carbocycles. The van der Waals surface area contributed by atoms with Gasteiger partial charge in [-0.1, -0.05) is 0 Å². The van der Waals surface area contributed by atoms with Crippen LogP contribution in [0.15, 0.2) is 36.4 Å². The number of hydrogen-bond acceptors (Lipinski definition) is 8. The number of benzene rings is 2. The monoisotopic (exact) mass is 427 g/mol. The van der Waals surface area contributed by atoms with E-state index in [1.165, 1.54) is 13.2 Å². The lowest BCUT2D eigenvalue weighted by atomic mass is 10.0. The minimum atomic E-state index is -0.377. The van der Waals surface area contributed by atoms with Crippen LogP contribution in [-0.4, -0.2) is 55.4 Å². The Kier molecular flexibility index (Phi) is 6.06. The van der Waals surface area contributed by atoms with E-state index in [4.69, 9.17) is 14.2 Å². The highest BCUT2D eigenvalue weighted by Crippen LogP contribution is 2.34. The van der Waals surface area contributed by atoms with Crippen LogP contribution in [-0.2, 0) is 22.6 Å². The van der Waals surface area contributed by atoms with Gasteiger partial charge in [-0.25, -0.2) is 4.79 Å². The van der Waals surface area contributed by atoms with E-state index in [0.29, 0.717) is 30.0 Å². The highest BCUT2D eigenvalue weighted by molar-refractivity contribution is 5.89. The van der Waals surface area contributed by atoms with Crippen molar-refractivity contribution in [1.82, 2.24) is 4.90 Å². The number of carbonyl (C=O) groups excluding carboxylic acids is 1. The number of rotatable bonds is 5. The molecule has 31 heavy (non-hydrogen) atoms. The lowest BCUT2D eigenvalue weighted by Gasteiger charge is -2.41. The van der Waals surface area contributed by atoms with Crippen LogP contribution in [0.3, 0.4) is 0 Å². The van der Waals surface area contributed by atoms with Gasteiger partial charge < -0.3 is 19.1 Å². The fraction of sp³-hybridized carbons (Fsp3) is 0.409. The first-order valence-electron chi connectivity index (χ1n) is 10.1. The summed E-state index contributed by atoms with van der Waals surface area (Å²) in [7, 11) is 1.37. The van der Waals surface area contributed by atoms with E-state index >= 15 is 0 Å². The van der Waals surface area contributed by atoms with Gasteiger partial charge in [0.1, 0.15) is 5.75 Å². The molecule has 0 radical (unpaired) electrons. The molecule has 0 N–H and O–H groups in total. The summed E-state index contributed by atoms with van der Waals surface area (Å²) in [5.74, 6) is 0.350. The summed E-state index contributed by atoms with van der Waals surface area (Å²) in [5, 5.41) is 11.4. The van der Waals surface area contributed by atoms with Crippen molar-refractivity contribution in [3.05, 3.63) is 63.2 Å². The molecule has 1 fully saturated rings. The number of nitrogens with zero attached hydrogens (tertiary/aromatic N) is 3. The van der Waals surface area contributed by atoms with Gasteiger partial charge in [0, 0.05) is 61.2 Å². The van der Waals surface area contributed by atoms with E-state index in [-0.39, 0.29) is 29.4 Å². The minimum Gasteiger partial charge on any atom is -0.467 e. The molecule has 1 atom stereocenters. The average Bonchev–Trinajstić information content (AvgIpc) is 2.79. The Hall–Kier alpha value is -3.17. The largest absolute Gasteiger partial charge is 0.467 e. The Bertz CT molecular complexity index is 978. The first kappa shape index (κ1) is 21.1. The maximum atomic E-state index is 11.6. The predicted molar refractivity (Wildman–Crippen MR) is 113 cm³/mol. The second-order valence-corrected chi connectivity index (χ2v) is 7.76. The molecule has 2 aromatic rings. The number of carbonyl (C=O) groups is 1. The molecule has 164 valence electrons. The third kappa shape index (κ3) is 4.47. The zero-order valence-corrected chi connectivity index (χ0v) is 17.6. The minimum absolute atomic E-state index is 0.0554. The van der Waals surface area contributed by atoms with Gasteiger partial charge in [-0.3, -0.25) is 15.0 Å². The summed E-state index contributed by atoms with van der Waals surface area (Å²) in [6.07, 6.45) is 0. The highest BCUT2D eigenvalue weighted by Gasteiger charge is 2.27. The van der Waals surface area contributed by atoms with Crippen molar-refractivity contribution in [2.24, 2.45) is 0 Å². The molecular formula is C22H25N3O6. The van der Waals surface area contributed by atoms with E-state index in [2.05, 4.69) is 16.7 Å². The molecule has 0 saturated carbocycles. The Labute approximate surface area is 180 Å². The fourth-order valence-electron chi connectivity index (χ4n) is 4.11. The summed E-state index contributed by atoms with van der Waals surface area (Å²) in [4.78, 5) is 27.2. The summed E-state index contributed by atoms with van der Waals surface area (Å²) in [5.41, 5.74) is 3.16. The van der Waals surface area contributed by atoms with Crippen LogP contribution in [0.25, 0.3) is 0 Å². The van der Waals surface area contributed by atoms with E-state index in [9.17, 15) is 14.9 Å². The van der Waals surface area contributed by atoms with Crippen LogP contribution in [0.1, 0.15) is 28.4 Å². The average molecular weight is 427 g/mol. The van der Waals surface area contributed by atoms with Crippen molar-refractivity contribution >= 4 is 17.3 Å². The molecule has 9 nitrogen and oxygen atoms in total. The third-order valence-electron chi connectivity index (χ3n) is 5.77. The molecule has 2 aliphatic rings. The lowest BCUT2D eigenvalue weighted by molar-refractivity contribution is -0.385. The van der Waals surface area contributed by atoms with Crippen LogP contribution < -0.4 is 9.64 Å². The smallest absolute Gasteiger partial charge is 0.337 e. The number of methoxy groups -OCH3 is 1. The summed E-state index contributed by atoms with van der Waals surface area (Å²) in [6, 6.07) is 10.8. The number of nitro groups is 1. The van der Waals surface area contributed by atoms with Gasteiger partial charge in [-0.05, 0) is 31.2 Å². The normalized spacial score (nSPS) is 18.8. The predicted octanol–water partition coefficient (Wildman–Crippen LogP) is 2.96. The van der Waals surface area contributed by atoms with Crippen LogP contribution in [0.2, 0.25) is 0 Å². The fourth-order valence-corrected chi connectivity index (χ4v) is 4.11. The first-order valence-corrected chi connectivity index (χ1v) is 10.1. The quantitative estimate of drug-likeness (QED) is 0.408. The molecular weight excluding hydrogens is 402 g/mol. The maximum Gasteiger partial charge on any atom is 0.337 e. The van der Waals surface area contributed by atoms with E-state index in [1.807, 2.05) is 12.1 Å². The summed E-state index contributed by atoms with van der Waals surface area (Å²) in [6.45, 7) is 5.59. The molecule has 0 bridgehead atoms. The van der Waals surface area contributed by atoms with Gasteiger partial charge in [0.15, 0.2) is 6.79 Å². The van der Waals surface area contributed by atoms with E-state index in [0.717, 1.165) is 30.9 Å². The Morgan fingerprint density at radius 1 is 1.26 bits per heavy atom. The number of nitro benzene ring substituents is 1. The second-order valence-electron chi connectivity index (χ2n) is 7.76. The lowest BCUT2D eigenvalue weighted by Crippen LogP contribution is -2.51. The third-order valence-corrected chi connectivity index (χ3v) is 5.77. The van der Waals surface area contributed by atoms with Gasteiger partial charge >= 0.3 is 5.97 Å². The summed E-state index contributed by atoms with van der Waals surface area (Å²) >= 11 is 0. The SMILES string of the molecule is COC(=O)c1ccc(N2CCN(Cc3cc([N+](=O)[O-])cc4c3OCOC4)C(C)C2)cc1. The number of hydrogen-bond donors (Lipinski definition) is 0. The van der Waals surface area contributed by atoms with Crippen LogP contribution in [0.4, 0.5) is 11.4 Å². The van der Waals surface area contributed by atoms with Gasteiger partial charge in [0.05, 0.1) is 24.2 Å². The number of ether oxygens (including phenoxy) is 3. The molecule has 0 aromatic heterocycles. The van der Waals surface area contributed by atoms with E-state index in [1.54, 1.807) is 18.2 Å². The molecule has 1 unspecified atom stereocenters. The molecule has 0 amide bonds. The van der Waals surface area contributed by atoms with Crippen molar-refractivity contribution in [3.8, 4) is 5.75 Å². The van der Waals surface area contributed by atoms with Gasteiger partial charge in [0.25, 0.3) is 5.69 Å². The first-order chi connectivity index (χ1) is 15.0. The molecule has 2 heterocycles. The standard InChI is InChI=1S/C22H25N3O6/c1-15-11-24(19-5-3-16(4-6-19)22(26)29-2)8-7-23(15)12-17-9-20(25(27)28)10-18-13-30-14-31-21(17)18/h3-6,9-10,15H,7-8,11-14H2,1-2H3. The van der Waals surface area contributed by atoms with Gasteiger partial charge in [-0.2, -0.15) is 0 Å². The van der Waals surface area contributed by atoms with Crippen molar-refractivity contribution in [2.45, 2.75) is 26.1 Å². The highest BCUT2D eigenvalue weighted by atomic mass is 16.7. The summed E-state index contributed by atoms with van der Waals surface area (Å²) < 4.78 is 15.7. The number of non-ortho nitro benzene ring substituents is 1. The number of anilines is 1. The van der Waals surface area contributed by atoms with Gasteiger partial charge in [0.2, 0.25) is 0 Å². The van der Waals surface area contributed by atoms with Crippen LogP contribution in [0.5, 0.6) is 5.75 Å². The van der Waals surface area contributed by atoms with Crippen molar-refractivity contribution in [2.75, 3.05) is 38.4 Å². The van der Waals surface area contributed by atoms with Crippen molar-refractivity contribution in [1.29, 1.82) is 0 Å². The van der Waals surface area contributed by atoms with E-state index < -0.39 is 0 Å². The number of esters is 1. The molecule has 4 rings (SSSR count). The van der Waals surface area contributed by atoms with Crippen molar-refractivity contribution in [3.63, 3.8) is 0 Å². The van der Waals surface area contributed by atoms with Crippen LogP contribution >= 0.6 is 0 Å². The van der Waals surface area contributed by atoms with Crippen LogP contribution in [0, 0.1) is 10.1 Å². The molecule has 9 heteroatoms. The molecule has 0 spiro atoms. The number of fused-ring (bicyclic) bond motifs is 1. The molecule has 2 aliphatic heterocycles. The zero-order chi connectivity index (χ0) is 22.0. The maximum absolute atomic E-state index is 11.6.